The van der Waals surface area contributed by atoms with E-state index in [4.69, 9.17) is 4.74 Å². The average Bonchev–Trinajstić information content (AvgIpc) is 2.37. The van der Waals surface area contributed by atoms with Crippen molar-refractivity contribution in [1.29, 1.82) is 0 Å². The molecule has 3 nitrogen and oxygen atoms in total. The summed E-state index contributed by atoms with van der Waals surface area (Å²) in [5, 5.41) is 2.89. The number of ether oxygens (including phenoxy) is 1. The van der Waals surface area contributed by atoms with Crippen LogP contribution in [0.3, 0.4) is 0 Å². The van der Waals surface area contributed by atoms with Crippen molar-refractivity contribution in [3.63, 3.8) is 0 Å². The van der Waals surface area contributed by atoms with E-state index < -0.39 is 17.7 Å². The van der Waals surface area contributed by atoms with Gasteiger partial charge in [-0.2, -0.15) is 13.2 Å². The minimum atomic E-state index is -4.35. The predicted molar refractivity (Wildman–Crippen MR) is 70.1 cm³/mol. The van der Waals surface area contributed by atoms with Gasteiger partial charge in [-0.15, -0.1) is 0 Å². The highest BCUT2D eigenvalue weighted by Crippen LogP contribution is 2.30. The van der Waals surface area contributed by atoms with Gasteiger partial charge < -0.3 is 10.1 Å². The molecule has 0 fully saturated rings. The van der Waals surface area contributed by atoms with Crippen LogP contribution in [-0.4, -0.2) is 12.6 Å². The number of carbonyl (C=O) groups is 1. The molecule has 0 bridgehead atoms. The first-order valence-electron chi connectivity index (χ1n) is 6.18. The van der Waals surface area contributed by atoms with Crippen LogP contribution in [0.2, 0.25) is 0 Å². The number of carbonyl (C=O) groups excluding carboxylic acids is 1. The van der Waals surface area contributed by atoms with Gasteiger partial charge in [0.15, 0.2) is 0 Å². The number of allylic oxidation sites excluding steroid dienone is 1. The fourth-order valence-corrected chi connectivity index (χ4v) is 1.48. The van der Waals surface area contributed by atoms with Gasteiger partial charge in [-0.05, 0) is 37.6 Å². The second-order valence-corrected chi connectivity index (χ2v) is 3.98. The highest BCUT2D eigenvalue weighted by molar-refractivity contribution is 5.83. The summed E-state index contributed by atoms with van der Waals surface area (Å²) < 4.78 is 42.0. The van der Waals surface area contributed by atoms with Crippen LogP contribution in [-0.2, 0) is 15.7 Å². The molecule has 110 valence electrons. The van der Waals surface area contributed by atoms with Crippen molar-refractivity contribution >= 4 is 11.7 Å². The summed E-state index contributed by atoms with van der Waals surface area (Å²) in [7, 11) is 0. The van der Waals surface area contributed by atoms with Crippen LogP contribution < -0.4 is 5.32 Å². The first-order chi connectivity index (χ1) is 9.36. The van der Waals surface area contributed by atoms with Gasteiger partial charge >= 0.3 is 12.1 Å². The molecule has 0 aliphatic rings. The molecule has 6 heteroatoms. The first-order valence-corrected chi connectivity index (χ1v) is 6.18. The third-order valence-corrected chi connectivity index (χ3v) is 2.48. The molecule has 20 heavy (non-hydrogen) atoms. The molecule has 0 amide bonds. The SMILES string of the molecule is CCOC(=O)/C=C(\CC)Nc1ccc(C(F)(F)F)cc1. The van der Waals surface area contributed by atoms with Gasteiger partial charge in [-0.1, -0.05) is 6.92 Å². The largest absolute Gasteiger partial charge is 0.463 e. The monoisotopic (exact) mass is 287 g/mol. The minimum absolute atomic E-state index is 0.270. The van der Waals surface area contributed by atoms with Crippen LogP contribution in [0.5, 0.6) is 0 Å². The van der Waals surface area contributed by atoms with E-state index in [1.54, 1.807) is 6.92 Å². The van der Waals surface area contributed by atoms with Gasteiger partial charge in [0.2, 0.25) is 0 Å². The van der Waals surface area contributed by atoms with Gasteiger partial charge in [-0.25, -0.2) is 4.79 Å². The number of alkyl halides is 3. The molecule has 0 aliphatic carbocycles. The highest BCUT2D eigenvalue weighted by atomic mass is 19.4. The molecule has 0 aliphatic heterocycles. The Morgan fingerprint density at radius 2 is 1.85 bits per heavy atom. The molecule has 0 saturated carbocycles. The molecule has 0 unspecified atom stereocenters. The molecule has 0 spiro atoms. The fraction of sp³-hybridized carbons (Fsp3) is 0.357. The van der Waals surface area contributed by atoms with E-state index in [1.807, 2.05) is 6.92 Å². The van der Waals surface area contributed by atoms with E-state index in [2.05, 4.69) is 5.32 Å². The van der Waals surface area contributed by atoms with Crippen molar-refractivity contribution in [2.24, 2.45) is 0 Å². The Kier molecular flexibility index (Phi) is 5.61. The molecule has 0 atom stereocenters. The molecule has 0 saturated heterocycles. The Balaban J connectivity index is 2.78. The lowest BCUT2D eigenvalue weighted by Gasteiger charge is -2.11. The number of hydrogen-bond donors (Lipinski definition) is 1. The Labute approximate surface area is 115 Å². The Bertz CT molecular complexity index is 478. The molecule has 1 rings (SSSR count). The summed E-state index contributed by atoms with van der Waals surface area (Å²) in [4.78, 5) is 11.3. The maximum Gasteiger partial charge on any atom is 0.416 e. The predicted octanol–water partition coefficient (Wildman–Crippen LogP) is 3.97. The van der Waals surface area contributed by atoms with Crippen LogP contribution in [0, 0.1) is 0 Å². The fourth-order valence-electron chi connectivity index (χ4n) is 1.48. The molecule has 1 N–H and O–H groups in total. The van der Waals surface area contributed by atoms with Crippen molar-refractivity contribution in [1.82, 2.24) is 0 Å². The number of hydrogen-bond acceptors (Lipinski definition) is 3. The normalized spacial score (nSPS) is 12.2. The summed E-state index contributed by atoms with van der Waals surface area (Å²) in [5.74, 6) is -0.483. The van der Waals surface area contributed by atoms with E-state index in [1.165, 1.54) is 18.2 Å². The summed E-state index contributed by atoms with van der Waals surface area (Å²) in [5.41, 5.74) is 0.342. The van der Waals surface area contributed by atoms with E-state index in [9.17, 15) is 18.0 Å². The van der Waals surface area contributed by atoms with Gasteiger partial charge in [0, 0.05) is 17.5 Å². The van der Waals surface area contributed by atoms with Crippen molar-refractivity contribution in [2.75, 3.05) is 11.9 Å². The summed E-state index contributed by atoms with van der Waals surface area (Å²) in [6.45, 7) is 3.79. The zero-order valence-electron chi connectivity index (χ0n) is 11.3. The van der Waals surface area contributed by atoms with Crippen LogP contribution in [0.25, 0.3) is 0 Å². The van der Waals surface area contributed by atoms with E-state index in [0.717, 1.165) is 12.1 Å². The number of halogens is 3. The van der Waals surface area contributed by atoms with Gasteiger partial charge in [-0.3, -0.25) is 0 Å². The van der Waals surface area contributed by atoms with E-state index in [-0.39, 0.29) is 6.61 Å². The quantitative estimate of drug-likeness (QED) is 0.657. The molecule has 1 aromatic rings. The molecule has 0 heterocycles. The third kappa shape index (κ3) is 4.95. The van der Waals surface area contributed by atoms with Gasteiger partial charge in [0.25, 0.3) is 0 Å². The lowest BCUT2D eigenvalue weighted by atomic mass is 10.2. The minimum Gasteiger partial charge on any atom is -0.463 e. The molecule has 1 aromatic carbocycles. The number of rotatable bonds is 5. The molecule has 0 aromatic heterocycles. The Morgan fingerprint density at radius 1 is 1.25 bits per heavy atom. The molecular weight excluding hydrogens is 271 g/mol. The zero-order chi connectivity index (χ0) is 15.2. The highest BCUT2D eigenvalue weighted by Gasteiger charge is 2.29. The third-order valence-electron chi connectivity index (χ3n) is 2.48. The average molecular weight is 287 g/mol. The van der Waals surface area contributed by atoms with Crippen molar-refractivity contribution in [2.45, 2.75) is 26.4 Å². The van der Waals surface area contributed by atoms with Crippen molar-refractivity contribution < 1.29 is 22.7 Å². The van der Waals surface area contributed by atoms with Crippen LogP contribution in [0.15, 0.2) is 36.0 Å². The van der Waals surface area contributed by atoms with E-state index in [0.29, 0.717) is 17.8 Å². The summed E-state index contributed by atoms with van der Waals surface area (Å²) in [6.07, 6.45) is -2.53. The Morgan fingerprint density at radius 3 is 2.30 bits per heavy atom. The van der Waals surface area contributed by atoms with Crippen LogP contribution >= 0.6 is 0 Å². The molecule has 0 radical (unpaired) electrons. The number of benzene rings is 1. The number of anilines is 1. The second kappa shape index (κ2) is 6.98. The van der Waals surface area contributed by atoms with Crippen LogP contribution in [0.4, 0.5) is 18.9 Å². The number of nitrogens with one attached hydrogen (secondary N) is 1. The summed E-state index contributed by atoms with van der Waals surface area (Å²) in [6, 6.07) is 4.61. The topological polar surface area (TPSA) is 38.3 Å². The maximum atomic E-state index is 12.4. The molecular formula is C14H16F3NO2. The second-order valence-electron chi connectivity index (χ2n) is 3.98. The standard InChI is InChI=1S/C14H16F3NO2/c1-3-11(9-13(19)20-4-2)18-12-7-5-10(6-8-12)14(15,16)17/h5-9,18H,3-4H2,1-2H3/b11-9+. The van der Waals surface area contributed by atoms with E-state index >= 15 is 0 Å². The zero-order valence-corrected chi connectivity index (χ0v) is 11.3. The van der Waals surface area contributed by atoms with Crippen LogP contribution in [0.1, 0.15) is 25.8 Å². The van der Waals surface area contributed by atoms with Crippen molar-refractivity contribution in [3.8, 4) is 0 Å². The lowest BCUT2D eigenvalue weighted by molar-refractivity contribution is -0.138. The first kappa shape index (κ1) is 16.1. The number of esters is 1. The van der Waals surface area contributed by atoms with Crippen molar-refractivity contribution in [3.05, 3.63) is 41.6 Å². The van der Waals surface area contributed by atoms with Gasteiger partial charge in [0.1, 0.15) is 0 Å². The smallest absolute Gasteiger partial charge is 0.416 e. The Hall–Kier alpha value is -1.98. The van der Waals surface area contributed by atoms with Gasteiger partial charge in [0.05, 0.1) is 12.2 Å². The lowest BCUT2D eigenvalue weighted by Crippen LogP contribution is -2.07. The summed E-state index contributed by atoms with van der Waals surface area (Å²) >= 11 is 0. The maximum absolute atomic E-state index is 12.4.